The fourth-order valence-corrected chi connectivity index (χ4v) is 4.46. The third kappa shape index (κ3) is 4.24. The predicted octanol–water partition coefficient (Wildman–Crippen LogP) is 6.28. The van der Waals surface area contributed by atoms with E-state index in [0.29, 0.717) is 39.4 Å². The van der Waals surface area contributed by atoms with E-state index in [0.717, 1.165) is 10.0 Å². The summed E-state index contributed by atoms with van der Waals surface area (Å²) in [7, 11) is 0. The maximum atomic E-state index is 12.9. The van der Waals surface area contributed by atoms with Crippen molar-refractivity contribution in [3.8, 4) is 28.5 Å². The molecule has 9 heteroatoms. The Morgan fingerprint density at radius 1 is 1.15 bits per heavy atom. The van der Waals surface area contributed by atoms with Crippen molar-refractivity contribution in [3.05, 3.63) is 83.6 Å². The fourth-order valence-electron chi connectivity index (χ4n) is 3.69. The topological polar surface area (TPSA) is 81.3 Å². The Labute approximate surface area is 209 Å². The van der Waals surface area contributed by atoms with Gasteiger partial charge in [0, 0.05) is 28.3 Å². The molecule has 1 unspecified atom stereocenters. The standard InChI is InChI=1S/C25H19BrN4O3S/c1-3-14-34-25-27-23-22(28-29-25)18-6-4-5-7-19(18)30(15(2)31)24(33-23)21-13-12-20(32-21)16-8-10-17(26)11-9-16/h3-13,24H,1,14H2,2H3. The molecule has 0 saturated carbocycles. The smallest absolute Gasteiger partial charge is 0.247 e. The van der Waals surface area contributed by atoms with Crippen LogP contribution in [0.4, 0.5) is 5.69 Å². The second-order valence-corrected chi connectivity index (χ2v) is 9.34. The van der Waals surface area contributed by atoms with Gasteiger partial charge in [-0.15, -0.1) is 16.8 Å². The lowest BCUT2D eigenvalue weighted by Gasteiger charge is -2.28. The van der Waals surface area contributed by atoms with E-state index >= 15 is 0 Å². The van der Waals surface area contributed by atoms with Gasteiger partial charge in [-0.2, -0.15) is 4.98 Å². The van der Waals surface area contributed by atoms with Gasteiger partial charge >= 0.3 is 0 Å². The largest absolute Gasteiger partial charge is 0.455 e. The summed E-state index contributed by atoms with van der Waals surface area (Å²) >= 11 is 4.85. The molecule has 0 spiro atoms. The van der Waals surface area contributed by atoms with Crippen molar-refractivity contribution in [3.63, 3.8) is 0 Å². The van der Waals surface area contributed by atoms with Crippen LogP contribution in [0.2, 0.25) is 0 Å². The average molecular weight is 535 g/mol. The lowest BCUT2D eigenvalue weighted by Crippen LogP contribution is -2.35. The van der Waals surface area contributed by atoms with E-state index in [1.54, 1.807) is 11.0 Å². The molecule has 1 aliphatic rings. The summed E-state index contributed by atoms with van der Waals surface area (Å²) in [4.78, 5) is 19.0. The minimum atomic E-state index is -0.877. The van der Waals surface area contributed by atoms with Gasteiger partial charge in [-0.1, -0.05) is 64.1 Å². The highest BCUT2D eigenvalue weighted by molar-refractivity contribution is 9.10. The van der Waals surface area contributed by atoms with Crippen molar-refractivity contribution in [2.24, 2.45) is 0 Å². The SMILES string of the molecule is C=CCSc1nnc2c(n1)OC(c1ccc(-c3ccc(Br)cc3)o1)N(C(C)=O)c1ccccc1-2. The zero-order valence-corrected chi connectivity index (χ0v) is 20.5. The van der Waals surface area contributed by atoms with Gasteiger partial charge in [0.15, 0.2) is 11.5 Å². The molecule has 1 atom stereocenters. The van der Waals surface area contributed by atoms with Gasteiger partial charge in [0.25, 0.3) is 0 Å². The summed E-state index contributed by atoms with van der Waals surface area (Å²) in [5, 5.41) is 9.08. The number of carbonyl (C=O) groups excluding carboxylic acids is 1. The molecule has 3 heterocycles. The lowest BCUT2D eigenvalue weighted by molar-refractivity contribution is -0.118. The first-order valence-corrected chi connectivity index (χ1v) is 12.2. The first kappa shape index (κ1) is 22.4. The van der Waals surface area contributed by atoms with Crippen LogP contribution in [0.1, 0.15) is 18.9 Å². The molecule has 1 aliphatic heterocycles. The van der Waals surface area contributed by atoms with Gasteiger partial charge in [0.2, 0.25) is 23.2 Å². The molecule has 0 fully saturated rings. The molecule has 4 aromatic rings. The molecule has 170 valence electrons. The minimum Gasteiger partial charge on any atom is -0.455 e. The molecule has 0 aliphatic carbocycles. The Bertz CT molecular complexity index is 1370. The predicted molar refractivity (Wildman–Crippen MR) is 135 cm³/mol. The average Bonchev–Trinajstić information content (AvgIpc) is 3.28. The molecular formula is C25H19BrN4O3S. The minimum absolute atomic E-state index is 0.207. The number of benzene rings is 2. The number of hydrogen-bond acceptors (Lipinski definition) is 7. The van der Waals surface area contributed by atoms with E-state index in [2.05, 4.69) is 37.7 Å². The summed E-state index contributed by atoms with van der Waals surface area (Å²) in [5.41, 5.74) is 2.72. The van der Waals surface area contributed by atoms with Crippen LogP contribution in [0.5, 0.6) is 5.88 Å². The van der Waals surface area contributed by atoms with Crippen LogP contribution in [0.3, 0.4) is 0 Å². The number of furan rings is 1. The number of hydrogen-bond donors (Lipinski definition) is 0. The monoisotopic (exact) mass is 534 g/mol. The molecule has 1 amide bonds. The van der Waals surface area contributed by atoms with Gasteiger partial charge in [0.05, 0.1) is 5.69 Å². The van der Waals surface area contributed by atoms with Crippen LogP contribution < -0.4 is 9.64 Å². The van der Waals surface area contributed by atoms with Crippen molar-refractivity contribution < 1.29 is 13.9 Å². The van der Waals surface area contributed by atoms with Crippen LogP contribution in [-0.2, 0) is 4.79 Å². The molecule has 2 aromatic carbocycles. The van der Waals surface area contributed by atoms with E-state index in [1.807, 2.05) is 60.7 Å². The lowest BCUT2D eigenvalue weighted by atomic mass is 10.1. The molecule has 2 aromatic heterocycles. The summed E-state index contributed by atoms with van der Waals surface area (Å²) < 4.78 is 13.5. The van der Waals surface area contributed by atoms with Crippen LogP contribution in [0, 0.1) is 0 Å². The number of thioether (sulfide) groups is 1. The maximum Gasteiger partial charge on any atom is 0.247 e. The number of carbonyl (C=O) groups is 1. The highest BCUT2D eigenvalue weighted by atomic mass is 79.9. The zero-order chi connectivity index (χ0) is 23.7. The van der Waals surface area contributed by atoms with E-state index in [4.69, 9.17) is 9.15 Å². The number of amides is 1. The number of rotatable bonds is 5. The Morgan fingerprint density at radius 3 is 2.71 bits per heavy atom. The molecule has 5 rings (SSSR count). The van der Waals surface area contributed by atoms with Crippen LogP contribution >= 0.6 is 27.7 Å². The number of halogens is 1. The van der Waals surface area contributed by atoms with Gasteiger partial charge in [0.1, 0.15) is 5.76 Å². The molecule has 0 N–H and O–H groups in total. The molecule has 0 radical (unpaired) electrons. The van der Waals surface area contributed by atoms with Gasteiger partial charge < -0.3 is 9.15 Å². The van der Waals surface area contributed by atoms with Crippen LogP contribution in [-0.4, -0.2) is 26.8 Å². The van der Waals surface area contributed by atoms with E-state index in [1.165, 1.54) is 18.7 Å². The second-order valence-electron chi connectivity index (χ2n) is 7.43. The first-order chi connectivity index (χ1) is 16.5. The van der Waals surface area contributed by atoms with Crippen molar-refractivity contribution in [2.45, 2.75) is 18.3 Å². The van der Waals surface area contributed by atoms with Crippen molar-refractivity contribution in [1.29, 1.82) is 0 Å². The van der Waals surface area contributed by atoms with Gasteiger partial charge in [-0.3, -0.25) is 9.69 Å². The summed E-state index contributed by atoms with van der Waals surface area (Å²) in [6.45, 7) is 5.23. The number of anilines is 1. The molecule has 0 bridgehead atoms. The number of para-hydroxylation sites is 1. The fraction of sp³-hybridized carbons (Fsp3) is 0.120. The van der Waals surface area contributed by atoms with Gasteiger partial charge in [-0.05, 0) is 30.3 Å². The Kier molecular flexibility index (Phi) is 6.21. The van der Waals surface area contributed by atoms with Crippen molar-refractivity contribution in [1.82, 2.24) is 15.2 Å². The molecular weight excluding hydrogens is 516 g/mol. The Hall–Kier alpha value is -3.43. The maximum absolute atomic E-state index is 12.9. The number of nitrogens with zero attached hydrogens (tertiary/aromatic N) is 4. The zero-order valence-electron chi connectivity index (χ0n) is 18.1. The molecule has 7 nitrogen and oxygen atoms in total. The molecule has 0 saturated heterocycles. The number of ether oxygens (including phenoxy) is 1. The normalized spacial score (nSPS) is 14.5. The second kappa shape index (κ2) is 9.44. The third-order valence-corrected chi connectivity index (χ3v) is 6.54. The van der Waals surface area contributed by atoms with Crippen molar-refractivity contribution in [2.75, 3.05) is 10.7 Å². The van der Waals surface area contributed by atoms with Crippen molar-refractivity contribution >= 4 is 39.3 Å². The Morgan fingerprint density at radius 2 is 1.94 bits per heavy atom. The highest BCUT2D eigenvalue weighted by Crippen LogP contribution is 2.44. The van der Waals surface area contributed by atoms with Crippen LogP contribution in [0.25, 0.3) is 22.6 Å². The Balaban J connectivity index is 1.63. The number of aromatic nitrogens is 3. The van der Waals surface area contributed by atoms with E-state index < -0.39 is 6.23 Å². The number of fused-ring (bicyclic) bond motifs is 3. The summed E-state index contributed by atoms with van der Waals surface area (Å²) in [6.07, 6.45) is 0.890. The summed E-state index contributed by atoms with van der Waals surface area (Å²) in [6, 6.07) is 18.9. The highest BCUT2D eigenvalue weighted by Gasteiger charge is 2.36. The molecule has 34 heavy (non-hydrogen) atoms. The third-order valence-electron chi connectivity index (χ3n) is 5.18. The first-order valence-electron chi connectivity index (χ1n) is 10.4. The van der Waals surface area contributed by atoms with E-state index in [9.17, 15) is 4.79 Å². The van der Waals surface area contributed by atoms with Crippen LogP contribution in [0.15, 0.2) is 87.4 Å². The van der Waals surface area contributed by atoms with E-state index in [-0.39, 0.29) is 11.8 Å². The summed E-state index contributed by atoms with van der Waals surface area (Å²) in [5.74, 6) is 1.84. The van der Waals surface area contributed by atoms with Gasteiger partial charge in [-0.25, -0.2) is 0 Å². The quantitative estimate of drug-likeness (QED) is 0.220.